The normalized spacial score (nSPS) is 10.7. The van der Waals surface area contributed by atoms with E-state index in [9.17, 15) is 0 Å². The second kappa shape index (κ2) is 4.49. The SMILES string of the molecule is CCNc1ncc2ccn(-c3ccccc3)c2n1. The van der Waals surface area contributed by atoms with Gasteiger partial charge in [-0.1, -0.05) is 18.2 Å². The summed E-state index contributed by atoms with van der Waals surface area (Å²) in [6.07, 6.45) is 3.87. The van der Waals surface area contributed by atoms with E-state index in [0.717, 1.165) is 23.3 Å². The second-order valence-corrected chi connectivity index (χ2v) is 4.02. The summed E-state index contributed by atoms with van der Waals surface area (Å²) >= 11 is 0. The molecular weight excluding hydrogens is 224 g/mol. The molecule has 0 aliphatic rings. The number of hydrogen-bond donors (Lipinski definition) is 1. The Morgan fingerprint density at radius 3 is 2.78 bits per heavy atom. The van der Waals surface area contributed by atoms with Gasteiger partial charge in [0, 0.05) is 30.0 Å². The van der Waals surface area contributed by atoms with Gasteiger partial charge in [-0.15, -0.1) is 0 Å². The van der Waals surface area contributed by atoms with Crippen LogP contribution >= 0.6 is 0 Å². The first-order valence-corrected chi connectivity index (χ1v) is 6.02. The van der Waals surface area contributed by atoms with Gasteiger partial charge in [0.05, 0.1) is 0 Å². The highest BCUT2D eigenvalue weighted by atomic mass is 15.1. The maximum atomic E-state index is 4.54. The molecule has 90 valence electrons. The third-order valence-corrected chi connectivity index (χ3v) is 2.80. The van der Waals surface area contributed by atoms with Crippen molar-refractivity contribution in [1.29, 1.82) is 0 Å². The molecule has 2 aromatic heterocycles. The molecule has 0 atom stereocenters. The van der Waals surface area contributed by atoms with Gasteiger partial charge < -0.3 is 9.88 Å². The first-order chi connectivity index (χ1) is 8.88. The Morgan fingerprint density at radius 1 is 1.17 bits per heavy atom. The Bertz CT molecular complexity index is 658. The molecule has 0 aliphatic carbocycles. The van der Waals surface area contributed by atoms with E-state index in [-0.39, 0.29) is 0 Å². The zero-order valence-electron chi connectivity index (χ0n) is 10.2. The number of rotatable bonds is 3. The van der Waals surface area contributed by atoms with Crippen LogP contribution in [0.25, 0.3) is 16.7 Å². The number of anilines is 1. The van der Waals surface area contributed by atoms with Crippen molar-refractivity contribution in [3.63, 3.8) is 0 Å². The molecule has 4 heteroatoms. The van der Waals surface area contributed by atoms with Gasteiger partial charge in [0.1, 0.15) is 5.65 Å². The van der Waals surface area contributed by atoms with E-state index in [2.05, 4.69) is 32.0 Å². The minimum Gasteiger partial charge on any atom is -0.354 e. The van der Waals surface area contributed by atoms with Crippen LogP contribution in [0.4, 0.5) is 5.95 Å². The summed E-state index contributed by atoms with van der Waals surface area (Å²) in [5, 5.41) is 4.17. The molecule has 2 heterocycles. The van der Waals surface area contributed by atoms with Gasteiger partial charge in [0.2, 0.25) is 5.95 Å². The van der Waals surface area contributed by atoms with Crippen LogP contribution in [0.2, 0.25) is 0 Å². The molecule has 0 radical (unpaired) electrons. The first kappa shape index (κ1) is 10.8. The molecule has 0 bridgehead atoms. The van der Waals surface area contributed by atoms with Crippen molar-refractivity contribution in [3.8, 4) is 5.69 Å². The number of benzene rings is 1. The van der Waals surface area contributed by atoms with E-state index >= 15 is 0 Å². The van der Waals surface area contributed by atoms with Gasteiger partial charge in [0.25, 0.3) is 0 Å². The summed E-state index contributed by atoms with van der Waals surface area (Å²) in [5.41, 5.74) is 2.03. The molecule has 0 amide bonds. The zero-order valence-corrected chi connectivity index (χ0v) is 10.2. The van der Waals surface area contributed by atoms with Crippen molar-refractivity contribution in [2.24, 2.45) is 0 Å². The molecule has 0 spiro atoms. The molecule has 0 fully saturated rings. The summed E-state index contributed by atoms with van der Waals surface area (Å²) in [5.74, 6) is 0.667. The summed E-state index contributed by atoms with van der Waals surface area (Å²) in [6.45, 7) is 2.85. The fraction of sp³-hybridized carbons (Fsp3) is 0.143. The quantitative estimate of drug-likeness (QED) is 0.763. The summed E-state index contributed by atoms with van der Waals surface area (Å²) < 4.78 is 2.07. The standard InChI is InChI=1S/C14H14N4/c1-2-15-14-16-10-11-8-9-18(13(11)17-14)12-6-4-3-5-7-12/h3-10H,2H2,1H3,(H,15,16,17). The van der Waals surface area contributed by atoms with Crippen LogP contribution in [0.3, 0.4) is 0 Å². The predicted octanol–water partition coefficient (Wildman–Crippen LogP) is 2.85. The lowest BCUT2D eigenvalue weighted by Crippen LogP contribution is -2.03. The van der Waals surface area contributed by atoms with E-state index < -0.39 is 0 Å². The summed E-state index contributed by atoms with van der Waals surface area (Å²) in [7, 11) is 0. The maximum Gasteiger partial charge on any atom is 0.224 e. The molecule has 1 N–H and O–H groups in total. The van der Waals surface area contributed by atoms with Gasteiger partial charge in [0.15, 0.2) is 0 Å². The average Bonchev–Trinajstić information content (AvgIpc) is 2.83. The van der Waals surface area contributed by atoms with Crippen LogP contribution in [0.1, 0.15) is 6.92 Å². The first-order valence-electron chi connectivity index (χ1n) is 6.02. The second-order valence-electron chi connectivity index (χ2n) is 4.02. The van der Waals surface area contributed by atoms with E-state index in [0.29, 0.717) is 5.95 Å². The fourth-order valence-electron chi connectivity index (χ4n) is 1.96. The van der Waals surface area contributed by atoms with Gasteiger partial charge in [-0.05, 0) is 25.1 Å². The van der Waals surface area contributed by atoms with Gasteiger partial charge in [-0.25, -0.2) is 4.98 Å². The number of fused-ring (bicyclic) bond motifs is 1. The Morgan fingerprint density at radius 2 is 2.00 bits per heavy atom. The number of nitrogens with one attached hydrogen (secondary N) is 1. The number of nitrogens with zero attached hydrogens (tertiary/aromatic N) is 3. The Balaban J connectivity index is 2.15. The highest BCUT2D eigenvalue weighted by Gasteiger charge is 2.05. The Hall–Kier alpha value is -2.36. The Kier molecular flexibility index (Phi) is 2.68. The van der Waals surface area contributed by atoms with Gasteiger partial charge >= 0.3 is 0 Å². The molecule has 18 heavy (non-hydrogen) atoms. The molecule has 1 aromatic carbocycles. The van der Waals surface area contributed by atoms with Crippen LogP contribution in [-0.4, -0.2) is 21.1 Å². The summed E-state index contributed by atoms with van der Waals surface area (Å²) in [4.78, 5) is 8.81. The third-order valence-electron chi connectivity index (χ3n) is 2.80. The molecule has 3 rings (SSSR count). The summed E-state index contributed by atoms with van der Waals surface area (Å²) in [6, 6.07) is 12.2. The van der Waals surface area contributed by atoms with Crippen LogP contribution in [-0.2, 0) is 0 Å². The Labute approximate surface area is 105 Å². The van der Waals surface area contributed by atoms with Crippen molar-refractivity contribution in [3.05, 3.63) is 48.8 Å². The van der Waals surface area contributed by atoms with Gasteiger partial charge in [-0.2, -0.15) is 4.98 Å². The molecule has 0 aliphatic heterocycles. The largest absolute Gasteiger partial charge is 0.354 e. The van der Waals surface area contributed by atoms with Crippen molar-refractivity contribution < 1.29 is 0 Å². The van der Waals surface area contributed by atoms with Crippen LogP contribution in [0, 0.1) is 0 Å². The topological polar surface area (TPSA) is 42.7 Å². The van der Waals surface area contributed by atoms with Crippen LogP contribution in [0.5, 0.6) is 0 Å². The van der Waals surface area contributed by atoms with Crippen molar-refractivity contribution in [2.45, 2.75) is 6.92 Å². The number of aromatic nitrogens is 3. The van der Waals surface area contributed by atoms with E-state index in [1.807, 2.05) is 43.6 Å². The average molecular weight is 238 g/mol. The maximum absolute atomic E-state index is 4.54. The third kappa shape index (κ3) is 1.82. The van der Waals surface area contributed by atoms with Crippen LogP contribution in [0.15, 0.2) is 48.8 Å². The van der Waals surface area contributed by atoms with E-state index in [1.54, 1.807) is 0 Å². The van der Waals surface area contributed by atoms with Crippen molar-refractivity contribution >= 4 is 17.0 Å². The minimum atomic E-state index is 0.667. The van der Waals surface area contributed by atoms with E-state index in [4.69, 9.17) is 0 Å². The molecule has 0 saturated heterocycles. The van der Waals surface area contributed by atoms with Gasteiger partial charge in [-0.3, -0.25) is 0 Å². The molecule has 3 aromatic rings. The van der Waals surface area contributed by atoms with Crippen molar-refractivity contribution in [1.82, 2.24) is 14.5 Å². The minimum absolute atomic E-state index is 0.667. The smallest absolute Gasteiger partial charge is 0.224 e. The molecule has 0 saturated carbocycles. The van der Waals surface area contributed by atoms with E-state index in [1.165, 1.54) is 0 Å². The van der Waals surface area contributed by atoms with Crippen molar-refractivity contribution in [2.75, 3.05) is 11.9 Å². The van der Waals surface area contributed by atoms with Crippen LogP contribution < -0.4 is 5.32 Å². The lowest BCUT2D eigenvalue weighted by Gasteiger charge is -2.05. The highest BCUT2D eigenvalue weighted by molar-refractivity contribution is 5.78. The lowest BCUT2D eigenvalue weighted by molar-refractivity contribution is 1.05. The highest BCUT2D eigenvalue weighted by Crippen LogP contribution is 2.18. The monoisotopic (exact) mass is 238 g/mol. The molecular formula is C14H14N4. The predicted molar refractivity (Wildman–Crippen MR) is 73.0 cm³/mol. The lowest BCUT2D eigenvalue weighted by atomic mass is 10.3. The zero-order chi connectivity index (χ0) is 12.4. The number of para-hydroxylation sites is 1. The molecule has 0 unspecified atom stereocenters. The number of hydrogen-bond acceptors (Lipinski definition) is 3. The molecule has 4 nitrogen and oxygen atoms in total. The fourth-order valence-corrected chi connectivity index (χ4v) is 1.96.